The number of rotatable bonds is 2. The molecular weight excluding hydrogens is 271 g/mol. The maximum absolute atomic E-state index is 3.14. The molecule has 0 fully saturated rings. The Kier molecular flexibility index (Phi) is 7.18. The molecule has 2 aromatic rings. The van der Waals surface area contributed by atoms with Crippen LogP contribution < -0.4 is 33.9 Å². The predicted octanol–water partition coefficient (Wildman–Crippen LogP) is -6.35. The van der Waals surface area contributed by atoms with E-state index in [1.54, 1.807) is 0 Å². The Morgan fingerprint density at radius 1 is 0.833 bits per heavy atom. The molecule has 0 spiro atoms. The molecule has 0 unspecified atom stereocenters. The second kappa shape index (κ2) is 7.80. The topological polar surface area (TPSA) is 17.6 Å². The van der Waals surface area contributed by atoms with Gasteiger partial charge >= 0.3 is 0 Å². The fraction of sp³-hybridized carbons (Fsp3) is 0.333. The number of imidazole rings is 2. The zero-order chi connectivity index (χ0) is 11.4. The van der Waals surface area contributed by atoms with Crippen molar-refractivity contribution in [3.8, 4) is 11.8 Å². The molecule has 0 amide bonds. The van der Waals surface area contributed by atoms with Gasteiger partial charge < -0.3 is 24.8 Å². The van der Waals surface area contributed by atoms with Gasteiger partial charge in [0.05, 0.1) is 14.1 Å². The van der Waals surface area contributed by atoms with Crippen LogP contribution in [0, 0.1) is 11.8 Å². The molecule has 0 radical (unpaired) electrons. The number of hydrogen-bond donors (Lipinski definition) is 0. The number of hydrogen-bond acceptors (Lipinski definition) is 0. The van der Waals surface area contributed by atoms with E-state index in [1.165, 1.54) is 0 Å². The minimum absolute atomic E-state index is 0. The van der Waals surface area contributed by atoms with Crippen LogP contribution in [-0.4, -0.2) is 9.13 Å². The van der Waals surface area contributed by atoms with Gasteiger partial charge in [0.1, 0.15) is 24.8 Å². The van der Waals surface area contributed by atoms with Crippen LogP contribution in [0.25, 0.3) is 0 Å². The fourth-order valence-electron chi connectivity index (χ4n) is 1.48. The lowest BCUT2D eigenvalue weighted by Crippen LogP contribution is -3.00. The quantitative estimate of drug-likeness (QED) is 0.386. The molecule has 0 N–H and O–H groups in total. The maximum atomic E-state index is 3.14. The summed E-state index contributed by atoms with van der Waals surface area (Å²) in [7, 11) is 4.01. The summed E-state index contributed by atoms with van der Waals surface area (Å²) in [6.07, 6.45) is 12.1. The first kappa shape index (κ1) is 16.6. The van der Waals surface area contributed by atoms with Gasteiger partial charge in [-0.1, -0.05) is 11.8 Å². The number of nitrogens with zero attached hydrogens (tertiary/aromatic N) is 4. The van der Waals surface area contributed by atoms with Crippen molar-refractivity contribution in [3.63, 3.8) is 0 Å². The van der Waals surface area contributed by atoms with Gasteiger partial charge in [0.25, 0.3) is 0 Å². The zero-order valence-electron chi connectivity index (χ0n) is 10.4. The highest BCUT2D eigenvalue weighted by Crippen LogP contribution is 1.83. The molecule has 0 bridgehead atoms. The van der Waals surface area contributed by atoms with E-state index >= 15 is 0 Å². The smallest absolute Gasteiger partial charge is 0.244 e. The maximum Gasteiger partial charge on any atom is 0.244 e. The standard InChI is InChI=1S/C12H16N4.2ClH/c1-13-7-9-15(11-13)5-3-4-6-16-10-8-14(2)12-16;;/h7-12H,5-6H2,1-2H3;2*1H/q+2;;/p-2. The lowest BCUT2D eigenvalue weighted by atomic mass is 10.5. The minimum Gasteiger partial charge on any atom is -1.00 e. The first-order valence-electron chi connectivity index (χ1n) is 5.22. The second-order valence-corrected chi connectivity index (χ2v) is 3.86. The summed E-state index contributed by atoms with van der Waals surface area (Å²) in [4.78, 5) is 0. The summed E-state index contributed by atoms with van der Waals surface area (Å²) >= 11 is 0. The van der Waals surface area contributed by atoms with Gasteiger partial charge in [0.15, 0.2) is 13.1 Å². The Balaban J connectivity index is 0.00000144. The minimum atomic E-state index is 0. The van der Waals surface area contributed by atoms with Crippen LogP contribution in [0.15, 0.2) is 37.4 Å². The van der Waals surface area contributed by atoms with Crippen molar-refractivity contribution in [2.75, 3.05) is 0 Å². The SMILES string of the molecule is C[n+]1ccn(CC#CCn2cc[n+](C)c2)c1.[Cl-].[Cl-]. The van der Waals surface area contributed by atoms with Crippen molar-refractivity contribution in [1.29, 1.82) is 0 Å². The molecule has 6 heteroatoms. The van der Waals surface area contributed by atoms with Crippen LogP contribution in [-0.2, 0) is 27.2 Å². The van der Waals surface area contributed by atoms with Gasteiger partial charge in [-0.3, -0.25) is 0 Å². The number of halogens is 2. The van der Waals surface area contributed by atoms with Crippen molar-refractivity contribution in [2.24, 2.45) is 14.1 Å². The van der Waals surface area contributed by atoms with Crippen molar-refractivity contribution >= 4 is 0 Å². The van der Waals surface area contributed by atoms with Gasteiger partial charge in [0, 0.05) is 0 Å². The van der Waals surface area contributed by atoms with Crippen LogP contribution in [0.1, 0.15) is 0 Å². The highest BCUT2D eigenvalue weighted by Gasteiger charge is 1.97. The summed E-state index contributed by atoms with van der Waals surface area (Å²) in [6.45, 7) is 1.49. The van der Waals surface area contributed by atoms with Crippen LogP contribution in [0.5, 0.6) is 0 Å². The Morgan fingerprint density at radius 3 is 1.50 bits per heavy atom. The van der Waals surface area contributed by atoms with E-state index in [1.807, 2.05) is 60.7 Å². The third kappa shape index (κ3) is 4.82. The molecule has 0 aliphatic rings. The Morgan fingerprint density at radius 2 is 1.22 bits per heavy atom. The van der Waals surface area contributed by atoms with Gasteiger partial charge in [-0.05, 0) is 0 Å². The summed E-state index contributed by atoms with van der Waals surface area (Å²) in [5.41, 5.74) is 0. The van der Waals surface area contributed by atoms with Crippen LogP contribution in [0.2, 0.25) is 0 Å². The second-order valence-electron chi connectivity index (χ2n) is 3.86. The molecule has 0 atom stereocenters. The summed E-state index contributed by atoms with van der Waals surface area (Å²) in [5, 5.41) is 0. The van der Waals surface area contributed by atoms with Crippen LogP contribution >= 0.6 is 0 Å². The van der Waals surface area contributed by atoms with E-state index in [9.17, 15) is 0 Å². The molecule has 0 aliphatic carbocycles. The molecule has 0 saturated heterocycles. The van der Waals surface area contributed by atoms with Gasteiger partial charge in [-0.2, -0.15) is 0 Å². The van der Waals surface area contributed by atoms with E-state index in [0.717, 1.165) is 13.1 Å². The first-order valence-corrected chi connectivity index (χ1v) is 5.22. The molecule has 98 valence electrons. The first-order chi connectivity index (χ1) is 7.74. The van der Waals surface area contributed by atoms with Gasteiger partial charge in [-0.15, -0.1) is 0 Å². The average Bonchev–Trinajstić information content (AvgIpc) is 2.83. The fourth-order valence-corrected chi connectivity index (χ4v) is 1.48. The van der Waals surface area contributed by atoms with Crippen LogP contribution in [0.3, 0.4) is 0 Å². The lowest BCUT2D eigenvalue weighted by molar-refractivity contribution is -0.671. The summed E-state index contributed by atoms with van der Waals surface area (Å²) < 4.78 is 8.13. The van der Waals surface area contributed by atoms with Crippen molar-refractivity contribution < 1.29 is 33.9 Å². The number of aromatic nitrogens is 4. The van der Waals surface area contributed by atoms with E-state index in [2.05, 4.69) is 21.0 Å². The van der Waals surface area contributed by atoms with Crippen LogP contribution in [0.4, 0.5) is 0 Å². The molecule has 0 aromatic carbocycles. The highest BCUT2D eigenvalue weighted by molar-refractivity contribution is 4.99. The van der Waals surface area contributed by atoms with E-state index < -0.39 is 0 Å². The Labute approximate surface area is 120 Å². The monoisotopic (exact) mass is 286 g/mol. The van der Waals surface area contributed by atoms with Gasteiger partial charge in [0.2, 0.25) is 12.7 Å². The normalized spacial score (nSPS) is 8.78. The molecule has 4 nitrogen and oxygen atoms in total. The third-order valence-corrected chi connectivity index (χ3v) is 2.30. The number of aryl methyl sites for hydroxylation is 2. The van der Waals surface area contributed by atoms with E-state index in [-0.39, 0.29) is 24.8 Å². The average molecular weight is 287 g/mol. The molecule has 0 saturated carbocycles. The van der Waals surface area contributed by atoms with E-state index in [0.29, 0.717) is 0 Å². The molecule has 2 heterocycles. The van der Waals surface area contributed by atoms with Gasteiger partial charge in [-0.25, -0.2) is 18.3 Å². The lowest BCUT2D eigenvalue weighted by Gasteiger charge is -1.85. The Hall–Kier alpha value is -1.44. The van der Waals surface area contributed by atoms with Crippen molar-refractivity contribution in [1.82, 2.24) is 9.13 Å². The van der Waals surface area contributed by atoms with E-state index in [4.69, 9.17) is 0 Å². The van der Waals surface area contributed by atoms with Crippen molar-refractivity contribution in [3.05, 3.63) is 37.4 Å². The molecule has 2 rings (SSSR count). The molecular formula is C12H16Cl2N4. The third-order valence-electron chi connectivity index (χ3n) is 2.30. The Bertz CT molecular complexity index is 487. The molecule has 2 aromatic heterocycles. The summed E-state index contributed by atoms with van der Waals surface area (Å²) in [6, 6.07) is 0. The largest absolute Gasteiger partial charge is 1.00 e. The highest BCUT2D eigenvalue weighted by atomic mass is 35.5. The summed E-state index contributed by atoms with van der Waals surface area (Å²) in [5.74, 6) is 6.28. The van der Waals surface area contributed by atoms with Crippen molar-refractivity contribution in [2.45, 2.75) is 13.1 Å². The predicted molar refractivity (Wildman–Crippen MR) is 59.0 cm³/mol. The zero-order valence-corrected chi connectivity index (χ0v) is 11.9. The molecule has 18 heavy (non-hydrogen) atoms. The molecule has 0 aliphatic heterocycles.